The van der Waals surface area contributed by atoms with Crippen molar-refractivity contribution in [3.8, 4) is 0 Å². The number of rotatable bonds is 20. The summed E-state index contributed by atoms with van der Waals surface area (Å²) in [6.07, 6.45) is 1.69. The Bertz CT molecular complexity index is 1510. The molecule has 50 heavy (non-hydrogen) atoms. The highest BCUT2D eigenvalue weighted by Crippen LogP contribution is 2.33. The van der Waals surface area contributed by atoms with Gasteiger partial charge in [0.15, 0.2) is 5.78 Å². The molecule has 7 nitrogen and oxygen atoms in total. The van der Waals surface area contributed by atoms with E-state index in [0.29, 0.717) is 63.2 Å². The Morgan fingerprint density at radius 1 is 0.520 bits per heavy atom. The van der Waals surface area contributed by atoms with Crippen molar-refractivity contribution < 1.29 is 33.3 Å². The molecule has 0 fully saturated rings. The largest absolute Gasteiger partial charge is 0.462 e. The second-order valence-electron chi connectivity index (χ2n) is 12.7. The minimum absolute atomic E-state index is 0.129. The predicted molar refractivity (Wildman–Crippen MR) is 195 cm³/mol. The van der Waals surface area contributed by atoms with E-state index in [2.05, 4.69) is 0 Å². The van der Waals surface area contributed by atoms with E-state index in [4.69, 9.17) is 18.9 Å². The van der Waals surface area contributed by atoms with Crippen LogP contribution < -0.4 is 0 Å². The Morgan fingerprint density at radius 3 is 1.26 bits per heavy atom. The molecule has 2 unspecified atom stereocenters. The summed E-state index contributed by atoms with van der Waals surface area (Å²) in [5, 5.41) is 0. The molecular formula is C43H50O7. The molecule has 0 saturated carbocycles. The van der Waals surface area contributed by atoms with Gasteiger partial charge in [-0.1, -0.05) is 123 Å². The van der Waals surface area contributed by atoms with Gasteiger partial charge in [-0.3, -0.25) is 14.4 Å². The molecule has 0 spiro atoms. The third kappa shape index (κ3) is 11.8. The van der Waals surface area contributed by atoms with E-state index in [0.717, 1.165) is 22.3 Å². The van der Waals surface area contributed by atoms with Gasteiger partial charge in [0.05, 0.1) is 13.2 Å². The topological polar surface area (TPSA) is 88.1 Å². The van der Waals surface area contributed by atoms with E-state index in [-0.39, 0.29) is 29.6 Å². The van der Waals surface area contributed by atoms with Crippen LogP contribution in [0.3, 0.4) is 0 Å². The summed E-state index contributed by atoms with van der Waals surface area (Å²) in [4.78, 5) is 38.8. The van der Waals surface area contributed by atoms with Gasteiger partial charge >= 0.3 is 11.9 Å². The van der Waals surface area contributed by atoms with Gasteiger partial charge in [0.25, 0.3) is 0 Å². The van der Waals surface area contributed by atoms with Crippen molar-refractivity contribution in [3.05, 3.63) is 143 Å². The number of carbonyl (C=O) groups excluding carboxylic acids is 3. The molecule has 0 radical (unpaired) electrons. The van der Waals surface area contributed by atoms with Crippen LogP contribution in [0.2, 0.25) is 0 Å². The van der Waals surface area contributed by atoms with Gasteiger partial charge in [0, 0.05) is 50.0 Å². The smallest absolute Gasteiger partial charge is 0.302 e. The Kier molecular flexibility index (Phi) is 15.4. The Hall–Kier alpha value is -4.59. The average molecular weight is 679 g/mol. The van der Waals surface area contributed by atoms with E-state index in [1.807, 2.05) is 123 Å². The van der Waals surface area contributed by atoms with E-state index in [1.165, 1.54) is 13.8 Å². The fraction of sp³-hybridized carbons (Fsp3) is 0.372. The van der Waals surface area contributed by atoms with Crippen molar-refractivity contribution in [2.45, 2.75) is 90.6 Å². The number of hydrogen-bond acceptors (Lipinski definition) is 7. The van der Waals surface area contributed by atoms with E-state index < -0.39 is 12.2 Å². The average Bonchev–Trinajstić information content (AvgIpc) is 3.13. The molecule has 7 heteroatoms. The zero-order valence-electron chi connectivity index (χ0n) is 29.7. The first kappa shape index (κ1) is 38.2. The number of ketones is 1. The van der Waals surface area contributed by atoms with Crippen LogP contribution in [0, 0.1) is 0 Å². The molecule has 0 amide bonds. The lowest BCUT2D eigenvalue weighted by molar-refractivity contribution is -0.148. The first-order valence-corrected chi connectivity index (χ1v) is 17.5. The van der Waals surface area contributed by atoms with Gasteiger partial charge in [-0.25, -0.2) is 0 Å². The molecule has 0 aliphatic carbocycles. The number of carbonyl (C=O) groups is 3. The molecule has 0 bridgehead atoms. The zero-order valence-corrected chi connectivity index (χ0v) is 29.7. The molecule has 4 aromatic carbocycles. The van der Waals surface area contributed by atoms with Crippen molar-refractivity contribution in [2.75, 3.05) is 13.2 Å². The highest BCUT2D eigenvalue weighted by Gasteiger charge is 2.29. The first-order chi connectivity index (χ1) is 24.2. The highest BCUT2D eigenvalue weighted by molar-refractivity contribution is 6.11. The fourth-order valence-electron chi connectivity index (χ4n) is 6.30. The van der Waals surface area contributed by atoms with Crippen molar-refractivity contribution in [2.24, 2.45) is 0 Å². The van der Waals surface area contributed by atoms with Crippen molar-refractivity contribution in [1.29, 1.82) is 0 Å². The van der Waals surface area contributed by atoms with Crippen LogP contribution in [0.15, 0.2) is 109 Å². The Labute approximate surface area is 296 Å². The van der Waals surface area contributed by atoms with Gasteiger partial charge in [0.2, 0.25) is 0 Å². The van der Waals surface area contributed by atoms with Crippen LogP contribution in [-0.4, -0.2) is 43.1 Å². The van der Waals surface area contributed by atoms with E-state index >= 15 is 0 Å². The van der Waals surface area contributed by atoms with Gasteiger partial charge in [-0.2, -0.15) is 0 Å². The number of hydrogen-bond donors (Lipinski definition) is 0. The lowest BCUT2D eigenvalue weighted by Gasteiger charge is -2.27. The summed E-state index contributed by atoms with van der Waals surface area (Å²) in [7, 11) is 0. The van der Waals surface area contributed by atoms with Crippen LogP contribution in [-0.2, 0) is 41.8 Å². The van der Waals surface area contributed by atoms with Crippen LogP contribution in [0.4, 0.5) is 0 Å². The third-order valence-corrected chi connectivity index (χ3v) is 8.92. The first-order valence-electron chi connectivity index (χ1n) is 17.5. The molecule has 0 saturated heterocycles. The summed E-state index contributed by atoms with van der Waals surface area (Å²) < 4.78 is 23.4. The number of esters is 2. The molecular weight excluding hydrogens is 628 g/mol. The van der Waals surface area contributed by atoms with Gasteiger partial charge in [0.1, 0.15) is 12.2 Å². The summed E-state index contributed by atoms with van der Waals surface area (Å²) in [6.45, 7) is 8.89. The molecule has 0 aliphatic heterocycles. The van der Waals surface area contributed by atoms with E-state index in [1.54, 1.807) is 0 Å². The van der Waals surface area contributed by atoms with Crippen LogP contribution in [0.25, 0.3) is 0 Å². The normalized spacial score (nSPS) is 13.5. The highest BCUT2D eigenvalue weighted by atomic mass is 16.5. The van der Waals surface area contributed by atoms with Crippen molar-refractivity contribution in [3.63, 3.8) is 0 Å². The molecule has 0 heterocycles. The zero-order chi connectivity index (χ0) is 35.7. The standard InChI is InChI=1S/C43H50O7/c1-31(41(49-33(3)44)25-15-27-47-29-35-17-7-5-8-18-35)37-21-11-13-23-39(37)43(46)40-24-14-12-22-38(40)32(2)42(50-34(4)45)26-16-28-48-30-36-19-9-6-10-20-36/h5-14,17-24,31-32,41-42H,15-16,25-30H2,1-4H3/t31-,32?,41-,42?/m0/s1. The molecule has 0 N–H and O–H groups in total. The van der Waals surface area contributed by atoms with Crippen LogP contribution in [0.1, 0.15) is 103 Å². The molecule has 4 atom stereocenters. The lowest BCUT2D eigenvalue weighted by atomic mass is 9.83. The molecule has 4 rings (SSSR count). The predicted octanol–water partition coefficient (Wildman–Crippen LogP) is 8.98. The molecule has 0 aromatic heterocycles. The quantitative estimate of drug-likeness (QED) is 0.0524. The molecule has 0 aliphatic rings. The fourth-order valence-corrected chi connectivity index (χ4v) is 6.30. The SMILES string of the molecule is CC(=O)OC(CCCOCc1ccccc1)C(C)c1ccccc1C(=O)c1ccccc1[C@H](C)[C@H](CCCOCc1ccccc1)OC(C)=O. The summed E-state index contributed by atoms with van der Waals surface area (Å²) in [5.41, 5.74) is 4.93. The summed E-state index contributed by atoms with van der Waals surface area (Å²) >= 11 is 0. The van der Waals surface area contributed by atoms with Crippen LogP contribution >= 0.6 is 0 Å². The molecule has 264 valence electrons. The van der Waals surface area contributed by atoms with Gasteiger partial charge < -0.3 is 18.9 Å². The maximum Gasteiger partial charge on any atom is 0.302 e. The molecule has 4 aromatic rings. The Balaban J connectivity index is 1.46. The maximum atomic E-state index is 14.4. The second kappa shape index (κ2) is 20.2. The van der Waals surface area contributed by atoms with Crippen molar-refractivity contribution in [1.82, 2.24) is 0 Å². The van der Waals surface area contributed by atoms with Gasteiger partial charge in [-0.15, -0.1) is 0 Å². The minimum atomic E-state index is -0.437. The monoisotopic (exact) mass is 678 g/mol. The third-order valence-electron chi connectivity index (χ3n) is 8.92. The maximum absolute atomic E-state index is 14.4. The van der Waals surface area contributed by atoms with Gasteiger partial charge in [-0.05, 0) is 47.9 Å². The van der Waals surface area contributed by atoms with Crippen LogP contribution in [0.5, 0.6) is 0 Å². The number of benzene rings is 4. The summed E-state index contributed by atoms with van der Waals surface area (Å²) in [5.74, 6) is -1.35. The van der Waals surface area contributed by atoms with Crippen molar-refractivity contribution >= 4 is 17.7 Å². The minimum Gasteiger partial charge on any atom is -0.462 e. The summed E-state index contributed by atoms with van der Waals surface area (Å²) in [6, 6.07) is 35.0. The Morgan fingerprint density at radius 2 is 0.880 bits per heavy atom. The number of ether oxygens (including phenoxy) is 4. The lowest BCUT2D eigenvalue weighted by Crippen LogP contribution is -2.26. The van der Waals surface area contributed by atoms with E-state index in [9.17, 15) is 14.4 Å². The second-order valence-corrected chi connectivity index (χ2v) is 12.7.